The van der Waals surface area contributed by atoms with Crippen molar-refractivity contribution in [2.75, 3.05) is 41.5 Å². The average Bonchev–Trinajstić information content (AvgIpc) is 1.55. The maximum absolute atomic E-state index is 13.3. The highest BCUT2D eigenvalue weighted by atomic mass is 32.3. The number of ether oxygens (including phenoxy) is 8. The lowest BCUT2D eigenvalue weighted by Gasteiger charge is -2.37. The lowest BCUT2D eigenvalue weighted by Crippen LogP contribution is -2.47. The zero-order chi connectivity index (χ0) is 102. The minimum Gasteiger partial charge on any atom is -0.743 e. The van der Waals surface area contributed by atoms with Gasteiger partial charge in [0.2, 0.25) is 10.4 Å². The molecular formula is C103H155F4NO27S5. The summed E-state index contributed by atoms with van der Waals surface area (Å²) in [6.45, 7) is 23.1. The Morgan fingerprint density at radius 1 is 0.464 bits per heavy atom. The first-order chi connectivity index (χ1) is 64.2. The van der Waals surface area contributed by atoms with E-state index in [9.17, 15) is 99.9 Å². The second-order valence-electron chi connectivity index (χ2n) is 43.6. The third-order valence-electron chi connectivity index (χ3n) is 30.3. The van der Waals surface area contributed by atoms with Crippen LogP contribution in [0.15, 0.2) is 88.7 Å². The molecule has 3 aromatic rings. The molecule has 8 bridgehead atoms. The Kier molecular flexibility index (Phi) is 41.4. The summed E-state index contributed by atoms with van der Waals surface area (Å²) in [5.41, 5.74) is 3.41. The molecule has 7 saturated carbocycles. The van der Waals surface area contributed by atoms with Gasteiger partial charge in [0.05, 0.1) is 83.2 Å². The summed E-state index contributed by atoms with van der Waals surface area (Å²) in [5.74, 6) is -10.6. The molecule has 7 aliphatic carbocycles. The second-order valence-corrected chi connectivity index (χ2v) is 52.9. The molecule has 1 N–H and O–H groups in total. The molecule has 16 rings (SSSR count). The van der Waals surface area contributed by atoms with Crippen LogP contribution in [0.5, 0.6) is 0 Å². The third-order valence-corrected chi connectivity index (χ3v) is 38.8. The molecule has 13 fully saturated rings. The summed E-state index contributed by atoms with van der Waals surface area (Å²) >= 11 is 0. The van der Waals surface area contributed by atoms with Gasteiger partial charge in [-0.2, -0.15) is 17.6 Å². The Balaban J connectivity index is 0.000000215. The fraction of sp³-hybridized carbons (Fsp3) is 0.748. The molecule has 3 aromatic carbocycles. The van der Waals surface area contributed by atoms with E-state index in [0.29, 0.717) is 40.5 Å². The van der Waals surface area contributed by atoms with E-state index in [1.807, 2.05) is 27.7 Å². The van der Waals surface area contributed by atoms with Gasteiger partial charge in [0.25, 0.3) is 0 Å². The summed E-state index contributed by atoms with van der Waals surface area (Å²) in [5, 5.41) is 4.20. The Bertz CT molecular complexity index is 4690. The molecular weight excluding hydrogens is 1920 g/mol. The summed E-state index contributed by atoms with van der Waals surface area (Å²) in [6.07, 6.45) is 23.9. The molecule has 28 nitrogen and oxygen atoms in total. The van der Waals surface area contributed by atoms with E-state index in [1.165, 1.54) is 107 Å². The van der Waals surface area contributed by atoms with Crippen molar-refractivity contribution in [2.24, 2.45) is 65.1 Å². The van der Waals surface area contributed by atoms with Gasteiger partial charge in [0.15, 0.2) is 43.2 Å². The SMILES string of the molecule is C.C.CC(C)(C)c1ccc([S+]2C3CCCC2CCC3)cc1.CC(C)(C)c1ccc([S+]2C3CCCC2CCC3)cc1.CC(C)C1(O)CCCC1.CC(C)C1(OC(=O)C2C3CC4C(OC(=O)C42)C3OC(=O)CCC(=O)OCC(F)(F)S(=O)(=O)[O-])CCCC1.CC(C)C1(OC(=O)C2C3CC4C(OC(=O)C42)C3OC(=O)CCC(=O)OCC(F)(F)S(=O)(=O)[O-])CCCC1.COS(=O)(=O)[O-].C[N+](C)(C)Cc1ccccc1. The van der Waals surface area contributed by atoms with Crippen LogP contribution in [0.4, 0.5) is 17.6 Å². The number of aliphatic hydroxyl groups is 1. The van der Waals surface area contributed by atoms with Crippen LogP contribution in [0.2, 0.25) is 0 Å². The fourth-order valence-corrected chi connectivity index (χ4v) is 29.9. The second kappa shape index (κ2) is 48.8. The number of hydrogen-bond acceptors (Lipinski definition) is 27. The lowest BCUT2D eigenvalue weighted by molar-refractivity contribution is -0.884. The molecule has 0 spiro atoms. The predicted molar refractivity (Wildman–Crippen MR) is 519 cm³/mol. The standard InChI is InChI=1S/2C23H30F2O11S.2C18H27S.C10H16N.C8H16O.CH4O4S.2CH4/c2*1-11(2)22(7-3-4-8-22)36-21(29)17-13-9-12-16(17)20(28)35-19(12)18(13)34-15(27)6-5-14(26)33-10-23(24,25)37(30,31)32;2*1-18(2,3)14-10-12-17(13-11-14)19-15-6-4-7-16(19)9-5-8-15;1-11(2,3)9-10-7-5-4-6-8-10;1-7(2)8(9)5-3-4-6-8;1-5-6(2,3)4;;/h2*11-13,16-19H,3-10H2,1-2H3,(H,30,31,32);2*10-13,15-16H,4-9H2,1-3H3;4-8H,9H2,1-3H3;7,9H,3-6H2,1-2H3;1H3,(H,2,3,4);2*1H4/q;;3*+1;;;;/p-3. The lowest BCUT2D eigenvalue weighted by atomic mass is 9.78. The molecule has 792 valence electrons. The van der Waals surface area contributed by atoms with Crippen LogP contribution < -0.4 is 0 Å². The fourth-order valence-electron chi connectivity index (χ4n) is 22.6. The number of carbonyl (C=O) groups is 8. The van der Waals surface area contributed by atoms with Crippen molar-refractivity contribution in [3.05, 3.63) is 95.6 Å². The van der Waals surface area contributed by atoms with Crippen molar-refractivity contribution in [2.45, 2.75) is 390 Å². The first-order valence-corrected chi connectivity index (χ1v) is 56.1. The summed E-state index contributed by atoms with van der Waals surface area (Å²) in [6, 6.07) is 29.9. The van der Waals surface area contributed by atoms with Crippen LogP contribution >= 0.6 is 0 Å². The molecule has 12 atom stereocenters. The van der Waals surface area contributed by atoms with Gasteiger partial charge in [-0.15, -0.1) is 0 Å². The van der Waals surface area contributed by atoms with Gasteiger partial charge < -0.3 is 61.1 Å². The van der Waals surface area contributed by atoms with Gasteiger partial charge in [-0.05, 0) is 218 Å². The maximum Gasteiger partial charge on any atom is 0.367 e. The van der Waals surface area contributed by atoms with E-state index in [4.69, 9.17) is 28.4 Å². The molecule has 6 saturated heterocycles. The highest BCUT2D eigenvalue weighted by molar-refractivity contribution is 7.98. The predicted octanol–water partition coefficient (Wildman–Crippen LogP) is 17.7. The van der Waals surface area contributed by atoms with Crippen LogP contribution in [0.3, 0.4) is 0 Å². The Labute approximate surface area is 834 Å². The molecule has 12 unspecified atom stereocenters. The summed E-state index contributed by atoms with van der Waals surface area (Å²) in [4.78, 5) is 103. The van der Waals surface area contributed by atoms with E-state index in [2.05, 4.69) is 169 Å². The zero-order valence-corrected chi connectivity index (χ0v) is 87.0. The molecule has 37 heteroatoms. The smallest absolute Gasteiger partial charge is 0.367 e. The van der Waals surface area contributed by atoms with Gasteiger partial charge in [0, 0.05) is 51.0 Å². The number of esters is 8. The number of nitrogens with zero attached hydrogens (tertiary/aromatic N) is 1. The third kappa shape index (κ3) is 30.1. The number of quaternary nitrogens is 1. The van der Waals surface area contributed by atoms with Crippen molar-refractivity contribution >= 4 is 100 Å². The first kappa shape index (κ1) is 119. The molecule has 0 aromatic heterocycles. The summed E-state index contributed by atoms with van der Waals surface area (Å²) in [7, 11) is -7.92. The maximum atomic E-state index is 13.3. The van der Waals surface area contributed by atoms with Crippen molar-refractivity contribution in [1.29, 1.82) is 0 Å². The number of rotatable bonds is 26. The molecule has 140 heavy (non-hydrogen) atoms. The van der Waals surface area contributed by atoms with Gasteiger partial charge in [-0.3, -0.25) is 42.5 Å². The number of fused-ring (bicyclic) bond motifs is 6. The van der Waals surface area contributed by atoms with Crippen molar-refractivity contribution < 1.29 is 146 Å². The van der Waals surface area contributed by atoms with Gasteiger partial charge >= 0.3 is 58.3 Å². The van der Waals surface area contributed by atoms with E-state index in [-0.39, 0.29) is 55.0 Å². The average molecular weight is 2080 g/mol. The summed E-state index contributed by atoms with van der Waals surface area (Å²) < 4.78 is 189. The molecule has 0 amide bonds. The molecule has 13 aliphatic rings. The monoisotopic (exact) mass is 2070 g/mol. The Morgan fingerprint density at radius 3 is 1.03 bits per heavy atom. The molecule has 0 radical (unpaired) electrons. The first-order valence-electron chi connectivity index (χ1n) is 49.2. The van der Waals surface area contributed by atoms with Crippen molar-refractivity contribution in [1.82, 2.24) is 0 Å². The number of halogens is 4. The topological polar surface area (TPSA) is 411 Å². The van der Waals surface area contributed by atoms with Gasteiger partial charge in [0.1, 0.15) is 63.2 Å². The number of benzene rings is 3. The van der Waals surface area contributed by atoms with E-state index >= 15 is 0 Å². The van der Waals surface area contributed by atoms with Crippen LogP contribution in [-0.2, 0) is 150 Å². The zero-order valence-electron chi connectivity index (χ0n) is 82.9. The van der Waals surface area contributed by atoms with E-state index < -0.39 is 199 Å². The largest absolute Gasteiger partial charge is 0.743 e. The number of alkyl halides is 4. The normalized spacial score (nSPS) is 28.4. The Hall–Kier alpha value is -6.55. The van der Waals surface area contributed by atoms with Crippen LogP contribution in [0.1, 0.15) is 307 Å². The van der Waals surface area contributed by atoms with Gasteiger partial charge in [-0.25, -0.2) is 25.3 Å². The van der Waals surface area contributed by atoms with Crippen LogP contribution in [0.25, 0.3) is 0 Å². The van der Waals surface area contributed by atoms with Crippen molar-refractivity contribution in [3.63, 3.8) is 0 Å². The molecule has 6 heterocycles. The van der Waals surface area contributed by atoms with Crippen molar-refractivity contribution in [3.8, 4) is 0 Å². The number of hydrogen-bond donors (Lipinski definition) is 1. The highest BCUT2D eigenvalue weighted by Gasteiger charge is 2.72. The minimum atomic E-state index is -6.02. The van der Waals surface area contributed by atoms with E-state index in [1.54, 1.807) is 9.79 Å². The number of carbonyl (C=O) groups excluding carboxylic acids is 8. The Morgan fingerprint density at radius 2 is 0.764 bits per heavy atom. The molecule has 6 aliphatic heterocycles. The highest BCUT2D eigenvalue weighted by Crippen LogP contribution is 2.62. The van der Waals surface area contributed by atoms with E-state index in [0.717, 1.165) is 103 Å². The minimum absolute atomic E-state index is 0. The van der Waals surface area contributed by atoms with Crippen LogP contribution in [0, 0.1) is 65.1 Å². The van der Waals surface area contributed by atoms with Gasteiger partial charge in [-0.1, -0.05) is 165 Å². The quantitative estimate of drug-likeness (QED) is 0.0148. The van der Waals surface area contributed by atoms with Crippen LogP contribution in [-0.4, -0.2) is 210 Å².